The maximum absolute atomic E-state index is 12.6. The van der Waals surface area contributed by atoms with Crippen molar-refractivity contribution in [3.8, 4) is 12.3 Å². The first-order valence-electron chi connectivity index (χ1n) is 8.89. The van der Waals surface area contributed by atoms with Crippen LogP contribution in [0, 0.1) is 41.4 Å². The highest BCUT2D eigenvalue weighted by Gasteiger charge is 2.61. The Kier molecular flexibility index (Phi) is 5.75. The third kappa shape index (κ3) is 4.07. The minimum Gasteiger partial charge on any atom is -0.460 e. The second-order valence-corrected chi connectivity index (χ2v) is 7.84. The first kappa shape index (κ1) is 20.0. The first-order chi connectivity index (χ1) is 12.1. The van der Waals surface area contributed by atoms with Gasteiger partial charge in [0.05, 0.1) is 12.0 Å². The average Bonchev–Trinajstić information content (AvgIpc) is 2.99. The van der Waals surface area contributed by atoms with Crippen molar-refractivity contribution < 1.29 is 23.9 Å². The minimum atomic E-state index is -0.426. The van der Waals surface area contributed by atoms with E-state index in [1.165, 1.54) is 12.2 Å². The molecule has 4 atom stereocenters. The zero-order chi connectivity index (χ0) is 19.6. The fraction of sp³-hybridized carbons (Fsp3) is 0.571. The van der Waals surface area contributed by atoms with E-state index >= 15 is 0 Å². The van der Waals surface area contributed by atoms with E-state index in [-0.39, 0.29) is 46.9 Å². The number of ketones is 1. The van der Waals surface area contributed by atoms with E-state index in [0.29, 0.717) is 12.2 Å². The molecule has 0 saturated heterocycles. The van der Waals surface area contributed by atoms with E-state index in [9.17, 15) is 14.4 Å². The molecule has 0 amide bonds. The molecule has 26 heavy (non-hydrogen) atoms. The molecule has 4 unspecified atom stereocenters. The molecule has 0 radical (unpaired) electrons. The number of rotatable bonds is 6. The van der Waals surface area contributed by atoms with E-state index in [1.54, 1.807) is 19.9 Å². The van der Waals surface area contributed by atoms with Crippen LogP contribution in [0.15, 0.2) is 24.0 Å². The quantitative estimate of drug-likeness (QED) is 0.415. The summed E-state index contributed by atoms with van der Waals surface area (Å²) in [5.41, 5.74) is -0.309. The standard InChI is InChI=1S/C21H26O5/c1-7-8-14-13(4)17(11-16(14)22)26-20(24)19-15(21(19,5)6)9-10-18(23)25-12(2)3/h1,9-15,19H,8H2,2-6H3. The lowest BCUT2D eigenvalue weighted by Crippen LogP contribution is -2.17. The first-order valence-corrected chi connectivity index (χ1v) is 8.89. The predicted molar refractivity (Wildman–Crippen MR) is 96.4 cm³/mol. The van der Waals surface area contributed by atoms with Crippen LogP contribution in [0.4, 0.5) is 0 Å². The Hall–Kier alpha value is -2.35. The molecule has 0 spiro atoms. The predicted octanol–water partition coefficient (Wildman–Crippen LogP) is 3.05. The minimum absolute atomic E-state index is 0.0961. The average molecular weight is 358 g/mol. The van der Waals surface area contributed by atoms with Crippen LogP contribution in [0.1, 0.15) is 41.0 Å². The van der Waals surface area contributed by atoms with Crippen molar-refractivity contribution in [2.75, 3.05) is 0 Å². The highest BCUT2D eigenvalue weighted by atomic mass is 16.5. The zero-order valence-corrected chi connectivity index (χ0v) is 15.9. The molecule has 2 aliphatic rings. The van der Waals surface area contributed by atoms with Crippen molar-refractivity contribution in [1.82, 2.24) is 0 Å². The molecule has 0 aromatic carbocycles. The molecule has 0 heterocycles. The summed E-state index contributed by atoms with van der Waals surface area (Å²) in [5, 5.41) is 0. The lowest BCUT2D eigenvalue weighted by molar-refractivity contribution is -0.143. The number of terminal acetylenes is 1. The van der Waals surface area contributed by atoms with Crippen LogP contribution in [0.2, 0.25) is 0 Å². The lowest BCUT2D eigenvalue weighted by atomic mass is 9.93. The van der Waals surface area contributed by atoms with E-state index in [4.69, 9.17) is 15.9 Å². The summed E-state index contributed by atoms with van der Waals surface area (Å²) in [6.45, 7) is 9.28. The molecule has 1 saturated carbocycles. The third-order valence-corrected chi connectivity index (χ3v) is 5.21. The fourth-order valence-corrected chi connectivity index (χ4v) is 3.47. The van der Waals surface area contributed by atoms with Crippen molar-refractivity contribution in [1.29, 1.82) is 0 Å². The topological polar surface area (TPSA) is 69.7 Å². The summed E-state index contributed by atoms with van der Waals surface area (Å²) in [6.07, 6.45) is 9.89. The summed E-state index contributed by atoms with van der Waals surface area (Å²) in [4.78, 5) is 36.2. The number of ether oxygens (including phenoxy) is 2. The fourth-order valence-electron chi connectivity index (χ4n) is 3.47. The van der Waals surface area contributed by atoms with Crippen molar-refractivity contribution in [2.45, 2.75) is 47.1 Å². The number of allylic oxidation sites excluding steroid dienone is 3. The van der Waals surface area contributed by atoms with E-state index in [1.807, 2.05) is 20.8 Å². The molecule has 140 valence electrons. The third-order valence-electron chi connectivity index (χ3n) is 5.21. The second kappa shape index (κ2) is 7.49. The largest absolute Gasteiger partial charge is 0.460 e. The van der Waals surface area contributed by atoms with Crippen molar-refractivity contribution >= 4 is 17.7 Å². The molecule has 0 bridgehead atoms. The van der Waals surface area contributed by atoms with E-state index in [0.717, 1.165) is 0 Å². The number of hydrogen-bond acceptors (Lipinski definition) is 5. The monoisotopic (exact) mass is 358 g/mol. The zero-order valence-electron chi connectivity index (χ0n) is 15.9. The van der Waals surface area contributed by atoms with Crippen molar-refractivity contribution in [3.63, 3.8) is 0 Å². The Balaban J connectivity index is 1.99. The smallest absolute Gasteiger partial charge is 0.330 e. The van der Waals surface area contributed by atoms with Crippen LogP contribution in [0.3, 0.4) is 0 Å². The Labute approximate surface area is 154 Å². The molecular weight excluding hydrogens is 332 g/mol. The lowest BCUT2D eigenvalue weighted by Gasteiger charge is -2.15. The van der Waals surface area contributed by atoms with E-state index in [2.05, 4.69) is 5.92 Å². The molecule has 5 nitrogen and oxygen atoms in total. The van der Waals surface area contributed by atoms with Crippen LogP contribution in [0.5, 0.6) is 0 Å². The summed E-state index contributed by atoms with van der Waals surface area (Å²) < 4.78 is 10.6. The van der Waals surface area contributed by atoms with Gasteiger partial charge < -0.3 is 9.47 Å². The van der Waals surface area contributed by atoms with Crippen LogP contribution >= 0.6 is 0 Å². The van der Waals surface area contributed by atoms with Gasteiger partial charge in [0.1, 0.15) is 5.76 Å². The van der Waals surface area contributed by atoms with Crippen LogP contribution in [-0.2, 0) is 23.9 Å². The summed E-state index contributed by atoms with van der Waals surface area (Å²) in [7, 11) is 0. The van der Waals surface area contributed by atoms with Gasteiger partial charge in [-0.05, 0) is 25.2 Å². The van der Waals surface area contributed by atoms with E-state index < -0.39 is 5.97 Å². The molecule has 1 fully saturated rings. The number of esters is 2. The molecule has 0 N–H and O–H groups in total. The highest BCUT2D eigenvalue weighted by Crippen LogP contribution is 2.59. The van der Waals surface area contributed by atoms with Crippen LogP contribution < -0.4 is 0 Å². The van der Waals surface area contributed by atoms with Gasteiger partial charge in [-0.25, -0.2) is 4.79 Å². The van der Waals surface area contributed by atoms with Gasteiger partial charge in [-0.2, -0.15) is 0 Å². The molecule has 5 heteroatoms. The molecule has 0 aromatic rings. The Morgan fingerprint density at radius 2 is 2.04 bits per heavy atom. The van der Waals surface area contributed by atoms with Gasteiger partial charge >= 0.3 is 11.9 Å². The van der Waals surface area contributed by atoms with Gasteiger partial charge in [0.2, 0.25) is 0 Å². The normalized spacial score (nSPS) is 29.4. The van der Waals surface area contributed by atoms with Gasteiger partial charge in [0.25, 0.3) is 0 Å². The van der Waals surface area contributed by atoms with Gasteiger partial charge in [0, 0.05) is 30.4 Å². The summed E-state index contributed by atoms with van der Waals surface area (Å²) >= 11 is 0. The summed E-state index contributed by atoms with van der Waals surface area (Å²) in [5.74, 6) is 0.970. The molecule has 2 rings (SSSR count). The Morgan fingerprint density at radius 3 is 2.62 bits per heavy atom. The van der Waals surface area contributed by atoms with Gasteiger partial charge in [-0.15, -0.1) is 12.3 Å². The van der Waals surface area contributed by atoms with Crippen molar-refractivity contribution in [2.24, 2.45) is 29.1 Å². The highest BCUT2D eigenvalue weighted by molar-refractivity contribution is 5.96. The molecule has 0 aromatic heterocycles. The van der Waals surface area contributed by atoms with Gasteiger partial charge in [0.15, 0.2) is 5.78 Å². The Bertz CT molecular complexity index is 704. The number of hydrogen-bond donors (Lipinski definition) is 0. The molecule has 2 aliphatic carbocycles. The molecular formula is C21H26O5. The maximum atomic E-state index is 12.6. The SMILES string of the molecule is C#CCC1C(=O)C=C(OC(=O)C2C(C=CC(=O)OC(C)C)C2(C)C)C1C. The second-order valence-electron chi connectivity index (χ2n) is 7.84. The number of carbonyl (C=O) groups excluding carboxylic acids is 3. The summed E-state index contributed by atoms with van der Waals surface area (Å²) in [6, 6.07) is 0. The van der Waals surface area contributed by atoms with Gasteiger partial charge in [-0.1, -0.05) is 26.8 Å². The van der Waals surface area contributed by atoms with Crippen LogP contribution in [-0.4, -0.2) is 23.8 Å². The Morgan fingerprint density at radius 1 is 1.38 bits per heavy atom. The van der Waals surface area contributed by atoms with Crippen LogP contribution in [0.25, 0.3) is 0 Å². The maximum Gasteiger partial charge on any atom is 0.330 e. The molecule has 0 aliphatic heterocycles. The van der Waals surface area contributed by atoms with Gasteiger partial charge in [-0.3, -0.25) is 9.59 Å². The van der Waals surface area contributed by atoms with Crippen molar-refractivity contribution in [3.05, 3.63) is 24.0 Å². The number of carbonyl (C=O) groups is 3.